The number of likely N-dealkylation sites (tertiary alicyclic amines) is 1. The van der Waals surface area contributed by atoms with Gasteiger partial charge >= 0.3 is 0 Å². The van der Waals surface area contributed by atoms with Crippen LogP contribution in [0.4, 0.5) is 0 Å². The average Bonchev–Trinajstić information content (AvgIpc) is 3.10. The summed E-state index contributed by atoms with van der Waals surface area (Å²) in [6, 6.07) is 0.632. The molecule has 0 aliphatic carbocycles. The molecule has 1 amide bonds. The molecule has 3 fully saturated rings. The Morgan fingerprint density at radius 2 is 2.21 bits per heavy atom. The van der Waals surface area contributed by atoms with Gasteiger partial charge in [-0.1, -0.05) is 0 Å². The highest BCUT2D eigenvalue weighted by Gasteiger charge is 2.42. The first-order chi connectivity index (χ1) is 9.19. The van der Waals surface area contributed by atoms with Gasteiger partial charge in [0, 0.05) is 25.7 Å². The van der Waals surface area contributed by atoms with Crippen LogP contribution in [0, 0.1) is 5.92 Å². The van der Waals surface area contributed by atoms with Gasteiger partial charge in [-0.05, 0) is 57.9 Å². The summed E-state index contributed by atoms with van der Waals surface area (Å²) in [4.78, 5) is 14.7. The van der Waals surface area contributed by atoms with Crippen molar-refractivity contribution in [2.24, 2.45) is 5.92 Å². The monoisotopic (exact) mass is 266 g/mol. The van der Waals surface area contributed by atoms with Crippen LogP contribution in [0.2, 0.25) is 0 Å². The molecule has 0 radical (unpaired) electrons. The van der Waals surface area contributed by atoms with Gasteiger partial charge in [0.25, 0.3) is 5.91 Å². The molecule has 3 aliphatic heterocycles. The molecule has 3 aliphatic rings. The highest BCUT2D eigenvalue weighted by Crippen LogP contribution is 2.31. The molecule has 0 saturated carbocycles. The van der Waals surface area contributed by atoms with Crippen LogP contribution in [0.25, 0.3) is 0 Å². The van der Waals surface area contributed by atoms with E-state index >= 15 is 0 Å². The summed E-state index contributed by atoms with van der Waals surface area (Å²) in [5.41, 5.74) is -0.537. The Morgan fingerprint density at radius 3 is 2.89 bits per heavy atom. The Bertz CT molecular complexity index is 333. The number of piperidine rings is 1. The van der Waals surface area contributed by atoms with Crippen molar-refractivity contribution in [1.29, 1.82) is 0 Å². The number of amides is 1. The number of ether oxygens (including phenoxy) is 1. The molecule has 4 heteroatoms. The van der Waals surface area contributed by atoms with Crippen molar-refractivity contribution in [3.63, 3.8) is 0 Å². The van der Waals surface area contributed by atoms with Crippen molar-refractivity contribution in [1.82, 2.24) is 10.2 Å². The number of hydrogen-bond donors (Lipinski definition) is 1. The van der Waals surface area contributed by atoms with Crippen molar-refractivity contribution >= 4 is 5.91 Å². The standard InChI is InChI=1S/C15H26N2O2/c1-15(7-4-10-19-15)14(18)17-9-3-5-12(11-17)13-6-2-8-16-13/h12-13,16H,2-11H2,1H3. The number of hydrogen-bond acceptors (Lipinski definition) is 3. The van der Waals surface area contributed by atoms with Crippen LogP contribution in [0.5, 0.6) is 0 Å². The maximum absolute atomic E-state index is 12.7. The first-order valence-electron chi connectivity index (χ1n) is 7.86. The first kappa shape index (κ1) is 13.4. The van der Waals surface area contributed by atoms with Gasteiger partial charge in [0.05, 0.1) is 0 Å². The van der Waals surface area contributed by atoms with Crippen LogP contribution in [0.1, 0.15) is 45.4 Å². The van der Waals surface area contributed by atoms with Crippen LogP contribution in [0.3, 0.4) is 0 Å². The molecule has 3 heterocycles. The number of nitrogens with zero attached hydrogens (tertiary/aromatic N) is 1. The third-order valence-corrected chi connectivity index (χ3v) is 5.08. The topological polar surface area (TPSA) is 41.6 Å². The van der Waals surface area contributed by atoms with Gasteiger partial charge in [0.15, 0.2) is 0 Å². The van der Waals surface area contributed by atoms with Gasteiger partial charge in [-0.3, -0.25) is 4.79 Å². The Hall–Kier alpha value is -0.610. The van der Waals surface area contributed by atoms with E-state index in [1.54, 1.807) is 0 Å². The minimum Gasteiger partial charge on any atom is -0.365 e. The summed E-state index contributed by atoms with van der Waals surface area (Å²) in [6.45, 7) is 5.70. The maximum atomic E-state index is 12.7. The number of carbonyl (C=O) groups excluding carboxylic acids is 1. The molecule has 108 valence electrons. The smallest absolute Gasteiger partial charge is 0.254 e. The second-order valence-electron chi connectivity index (χ2n) is 6.54. The summed E-state index contributed by atoms with van der Waals surface area (Å²) in [7, 11) is 0. The lowest BCUT2D eigenvalue weighted by molar-refractivity contribution is -0.153. The zero-order chi connectivity index (χ0) is 13.3. The Balaban J connectivity index is 1.62. The van der Waals surface area contributed by atoms with Crippen molar-refractivity contribution in [3.05, 3.63) is 0 Å². The van der Waals surface area contributed by atoms with E-state index in [0.29, 0.717) is 12.0 Å². The van der Waals surface area contributed by atoms with E-state index in [1.807, 2.05) is 6.92 Å². The number of nitrogens with one attached hydrogen (secondary N) is 1. The summed E-state index contributed by atoms with van der Waals surface area (Å²) in [6.07, 6.45) is 6.87. The van der Waals surface area contributed by atoms with Crippen molar-refractivity contribution < 1.29 is 9.53 Å². The highest BCUT2D eigenvalue weighted by atomic mass is 16.5. The average molecular weight is 266 g/mol. The van der Waals surface area contributed by atoms with E-state index in [0.717, 1.165) is 45.5 Å². The fourth-order valence-electron chi connectivity index (χ4n) is 3.92. The second kappa shape index (κ2) is 5.41. The third kappa shape index (κ3) is 2.65. The fraction of sp³-hybridized carbons (Fsp3) is 0.933. The molecule has 3 saturated heterocycles. The van der Waals surface area contributed by atoms with Gasteiger partial charge in [-0.15, -0.1) is 0 Å². The lowest BCUT2D eigenvalue weighted by atomic mass is 9.88. The number of rotatable bonds is 2. The lowest BCUT2D eigenvalue weighted by Gasteiger charge is -2.39. The molecular weight excluding hydrogens is 240 g/mol. The van der Waals surface area contributed by atoms with Gasteiger partial charge in [0.2, 0.25) is 0 Å². The molecule has 0 aromatic rings. The van der Waals surface area contributed by atoms with Crippen molar-refractivity contribution in [2.75, 3.05) is 26.2 Å². The Labute approximate surface area is 115 Å². The predicted molar refractivity (Wildman–Crippen MR) is 73.9 cm³/mol. The van der Waals surface area contributed by atoms with E-state index in [-0.39, 0.29) is 5.91 Å². The largest absolute Gasteiger partial charge is 0.365 e. The summed E-state index contributed by atoms with van der Waals surface area (Å²) in [5, 5.41) is 3.60. The molecule has 0 aromatic heterocycles. The predicted octanol–water partition coefficient (Wildman–Crippen LogP) is 1.55. The van der Waals surface area contributed by atoms with Crippen LogP contribution in [0.15, 0.2) is 0 Å². The quantitative estimate of drug-likeness (QED) is 0.824. The van der Waals surface area contributed by atoms with E-state index < -0.39 is 5.60 Å². The van der Waals surface area contributed by atoms with Crippen LogP contribution in [-0.4, -0.2) is 48.7 Å². The third-order valence-electron chi connectivity index (χ3n) is 5.08. The van der Waals surface area contributed by atoms with Gasteiger partial charge in [-0.2, -0.15) is 0 Å². The maximum Gasteiger partial charge on any atom is 0.254 e. The molecule has 19 heavy (non-hydrogen) atoms. The lowest BCUT2D eigenvalue weighted by Crippen LogP contribution is -2.52. The number of carbonyl (C=O) groups is 1. The fourth-order valence-corrected chi connectivity index (χ4v) is 3.92. The van der Waals surface area contributed by atoms with Crippen LogP contribution >= 0.6 is 0 Å². The Morgan fingerprint density at radius 1 is 1.32 bits per heavy atom. The van der Waals surface area contributed by atoms with Gasteiger partial charge in [0.1, 0.15) is 5.60 Å². The molecule has 1 N–H and O–H groups in total. The molecule has 3 unspecified atom stereocenters. The van der Waals surface area contributed by atoms with E-state index in [1.165, 1.54) is 19.3 Å². The molecule has 0 spiro atoms. The summed E-state index contributed by atoms with van der Waals surface area (Å²) >= 11 is 0. The van der Waals surface area contributed by atoms with Crippen molar-refractivity contribution in [2.45, 2.75) is 57.1 Å². The molecule has 0 bridgehead atoms. The second-order valence-corrected chi connectivity index (χ2v) is 6.54. The zero-order valence-corrected chi connectivity index (χ0v) is 12.0. The molecule has 3 rings (SSSR count). The van der Waals surface area contributed by atoms with Gasteiger partial charge in [-0.25, -0.2) is 0 Å². The van der Waals surface area contributed by atoms with Crippen molar-refractivity contribution in [3.8, 4) is 0 Å². The normalized spacial score (nSPS) is 39.7. The van der Waals surface area contributed by atoms with Gasteiger partial charge < -0.3 is 15.0 Å². The molecule has 4 nitrogen and oxygen atoms in total. The minimum atomic E-state index is -0.537. The SMILES string of the molecule is CC1(C(=O)N2CCCC(C3CCCN3)C2)CCCO1. The van der Waals surface area contributed by atoms with E-state index in [2.05, 4.69) is 10.2 Å². The minimum absolute atomic E-state index is 0.229. The summed E-state index contributed by atoms with van der Waals surface area (Å²) < 4.78 is 5.71. The van der Waals surface area contributed by atoms with Crippen LogP contribution in [-0.2, 0) is 9.53 Å². The summed E-state index contributed by atoms with van der Waals surface area (Å²) in [5.74, 6) is 0.873. The van der Waals surface area contributed by atoms with E-state index in [9.17, 15) is 4.79 Å². The zero-order valence-electron chi connectivity index (χ0n) is 12.0. The van der Waals surface area contributed by atoms with Crippen LogP contribution < -0.4 is 5.32 Å². The highest BCUT2D eigenvalue weighted by molar-refractivity contribution is 5.85. The molecule has 3 atom stereocenters. The molecular formula is C15H26N2O2. The molecule has 0 aromatic carbocycles. The van der Waals surface area contributed by atoms with E-state index in [4.69, 9.17) is 4.74 Å². The first-order valence-corrected chi connectivity index (χ1v) is 7.86. The Kier molecular flexibility index (Phi) is 3.81.